The van der Waals surface area contributed by atoms with Crippen molar-refractivity contribution in [2.24, 2.45) is 0 Å². The van der Waals surface area contributed by atoms with E-state index in [9.17, 15) is 4.79 Å². The van der Waals surface area contributed by atoms with E-state index in [0.29, 0.717) is 6.61 Å². The second-order valence-electron chi connectivity index (χ2n) is 3.68. The minimum Gasteiger partial charge on any atom is -0.464 e. The van der Waals surface area contributed by atoms with Gasteiger partial charge in [-0.05, 0) is 37.0 Å². The summed E-state index contributed by atoms with van der Waals surface area (Å²) in [6.07, 6.45) is 4.53. The zero-order valence-corrected chi connectivity index (χ0v) is 8.94. The summed E-state index contributed by atoms with van der Waals surface area (Å²) < 4.78 is 9.83. The number of hydrogen-bond donors (Lipinski definition) is 0. The van der Waals surface area contributed by atoms with Gasteiger partial charge in [0.2, 0.25) is 0 Å². The van der Waals surface area contributed by atoms with Gasteiger partial charge in [0.1, 0.15) is 5.58 Å². The maximum Gasteiger partial charge on any atom is 0.417 e. The largest absolute Gasteiger partial charge is 0.464 e. The molecule has 0 unspecified atom stereocenters. The van der Waals surface area contributed by atoms with E-state index in [1.165, 1.54) is 12.0 Å². The third kappa shape index (κ3) is 2.63. The molecule has 3 nitrogen and oxygen atoms in total. The molecule has 3 heteroatoms. The van der Waals surface area contributed by atoms with Gasteiger partial charge < -0.3 is 9.15 Å². The fourth-order valence-corrected chi connectivity index (χ4v) is 1.70. The third-order valence-electron chi connectivity index (χ3n) is 2.54. The zero-order valence-electron chi connectivity index (χ0n) is 8.94. The molecule has 1 heterocycles. The summed E-state index contributed by atoms with van der Waals surface area (Å²) in [5.74, 6) is 0. The molecule has 0 aliphatic carbocycles. The summed E-state index contributed by atoms with van der Waals surface area (Å²) in [4.78, 5) is 9.80. The van der Waals surface area contributed by atoms with E-state index in [-0.39, 0.29) is 0 Å². The van der Waals surface area contributed by atoms with Crippen LogP contribution >= 0.6 is 0 Å². The van der Waals surface area contributed by atoms with Crippen LogP contribution < -0.4 is 0 Å². The number of unbranched alkanes of at least 4 members (excludes halogenated alkanes) is 1. The number of carbonyl (C=O) groups excluding carboxylic acids is 1. The Kier molecular flexibility index (Phi) is 3.59. The van der Waals surface area contributed by atoms with Gasteiger partial charge in [0, 0.05) is 5.39 Å². The molecule has 83 valence electrons. The Morgan fingerprint density at radius 2 is 2.19 bits per heavy atom. The fraction of sp³-hybridized carbons (Fsp3) is 0.308. The second kappa shape index (κ2) is 5.35. The quantitative estimate of drug-likeness (QED) is 0.698. The molecule has 0 atom stereocenters. The summed E-state index contributed by atoms with van der Waals surface area (Å²) in [6, 6.07) is 8.17. The lowest BCUT2D eigenvalue weighted by molar-refractivity contribution is 0.270. The van der Waals surface area contributed by atoms with E-state index in [0.717, 1.165) is 30.2 Å². The molecule has 1 aromatic heterocycles. The first-order valence-electron chi connectivity index (χ1n) is 5.35. The SMILES string of the molecule is O=[C]OCCCCc1ccc2ccoc2c1. The number of furan rings is 1. The molecule has 1 aromatic carbocycles. The van der Waals surface area contributed by atoms with Crippen LogP contribution in [0.2, 0.25) is 0 Å². The average Bonchev–Trinajstić information content (AvgIpc) is 2.76. The van der Waals surface area contributed by atoms with E-state index in [1.807, 2.05) is 6.07 Å². The van der Waals surface area contributed by atoms with Crippen molar-refractivity contribution in [3.8, 4) is 0 Å². The zero-order chi connectivity index (χ0) is 11.2. The molecule has 2 aromatic rings. The molecule has 0 aliphatic rings. The van der Waals surface area contributed by atoms with E-state index >= 15 is 0 Å². The molecule has 2 rings (SSSR count). The minimum atomic E-state index is 0.451. The van der Waals surface area contributed by atoms with Crippen molar-refractivity contribution in [1.82, 2.24) is 0 Å². The molecule has 0 saturated heterocycles. The minimum absolute atomic E-state index is 0.451. The van der Waals surface area contributed by atoms with Crippen molar-refractivity contribution in [3.05, 3.63) is 36.1 Å². The Hall–Kier alpha value is -1.77. The monoisotopic (exact) mass is 217 g/mol. The van der Waals surface area contributed by atoms with Gasteiger partial charge in [0.05, 0.1) is 12.9 Å². The first-order chi connectivity index (χ1) is 7.90. The van der Waals surface area contributed by atoms with E-state index in [2.05, 4.69) is 22.9 Å². The summed E-state index contributed by atoms with van der Waals surface area (Å²) in [5, 5.41) is 1.13. The number of fused-ring (bicyclic) bond motifs is 1. The Labute approximate surface area is 94.0 Å². The molecule has 0 bridgehead atoms. The van der Waals surface area contributed by atoms with Crippen LogP contribution in [0.3, 0.4) is 0 Å². The van der Waals surface area contributed by atoms with Crippen LogP contribution in [-0.2, 0) is 16.0 Å². The van der Waals surface area contributed by atoms with Crippen molar-refractivity contribution in [2.75, 3.05) is 6.61 Å². The van der Waals surface area contributed by atoms with Crippen LogP contribution in [0.15, 0.2) is 34.9 Å². The van der Waals surface area contributed by atoms with Gasteiger partial charge in [-0.1, -0.05) is 12.1 Å². The molecule has 0 spiro atoms. The summed E-state index contributed by atoms with van der Waals surface area (Å²) in [6.45, 7) is 1.87. The predicted octanol–water partition coefficient (Wildman–Crippen LogP) is 2.84. The number of benzene rings is 1. The summed E-state index contributed by atoms with van der Waals surface area (Å²) in [5.41, 5.74) is 2.17. The number of ether oxygens (including phenoxy) is 1. The maximum absolute atomic E-state index is 9.80. The van der Waals surface area contributed by atoms with Gasteiger partial charge >= 0.3 is 6.47 Å². The van der Waals surface area contributed by atoms with Gasteiger partial charge in [-0.15, -0.1) is 0 Å². The predicted molar refractivity (Wildman–Crippen MR) is 60.8 cm³/mol. The van der Waals surface area contributed by atoms with Gasteiger partial charge in [-0.3, -0.25) is 0 Å². The van der Waals surface area contributed by atoms with Crippen molar-refractivity contribution >= 4 is 17.4 Å². The standard InChI is InChI=1S/C13H13O3/c14-10-15-7-2-1-3-11-4-5-12-6-8-16-13(12)9-11/h4-6,8-9H,1-3,7H2. The van der Waals surface area contributed by atoms with Gasteiger partial charge in [-0.2, -0.15) is 0 Å². The Morgan fingerprint density at radius 1 is 1.25 bits per heavy atom. The van der Waals surface area contributed by atoms with E-state index in [1.54, 1.807) is 6.26 Å². The Morgan fingerprint density at radius 3 is 3.06 bits per heavy atom. The Balaban J connectivity index is 1.86. The van der Waals surface area contributed by atoms with Crippen molar-refractivity contribution in [3.63, 3.8) is 0 Å². The molecule has 0 N–H and O–H groups in total. The lowest BCUT2D eigenvalue weighted by atomic mass is 10.1. The molecule has 0 amide bonds. The van der Waals surface area contributed by atoms with Crippen LogP contribution in [0.25, 0.3) is 11.0 Å². The summed E-state index contributed by atoms with van der Waals surface area (Å²) in [7, 11) is 0. The lowest BCUT2D eigenvalue weighted by Gasteiger charge is -2.00. The number of rotatable bonds is 6. The van der Waals surface area contributed by atoms with Gasteiger partial charge in [0.25, 0.3) is 0 Å². The number of aryl methyl sites for hydroxylation is 1. The van der Waals surface area contributed by atoms with Crippen LogP contribution in [0, 0.1) is 0 Å². The van der Waals surface area contributed by atoms with Crippen molar-refractivity contribution < 1.29 is 13.9 Å². The molecular weight excluding hydrogens is 204 g/mol. The van der Waals surface area contributed by atoms with Crippen molar-refractivity contribution in [2.45, 2.75) is 19.3 Å². The molecule has 1 radical (unpaired) electrons. The van der Waals surface area contributed by atoms with Crippen LogP contribution in [0.1, 0.15) is 18.4 Å². The highest BCUT2D eigenvalue weighted by Gasteiger charge is 1.99. The molecular formula is C13H13O3. The van der Waals surface area contributed by atoms with E-state index < -0.39 is 0 Å². The molecule has 16 heavy (non-hydrogen) atoms. The van der Waals surface area contributed by atoms with Crippen LogP contribution in [0.4, 0.5) is 0 Å². The average molecular weight is 217 g/mol. The third-order valence-corrected chi connectivity index (χ3v) is 2.54. The van der Waals surface area contributed by atoms with Crippen molar-refractivity contribution in [1.29, 1.82) is 0 Å². The molecule has 0 saturated carbocycles. The highest BCUT2D eigenvalue weighted by molar-refractivity contribution is 5.77. The van der Waals surface area contributed by atoms with Gasteiger partial charge in [0.15, 0.2) is 0 Å². The second-order valence-corrected chi connectivity index (χ2v) is 3.68. The molecule has 0 fully saturated rings. The smallest absolute Gasteiger partial charge is 0.417 e. The number of hydrogen-bond acceptors (Lipinski definition) is 3. The Bertz CT molecular complexity index is 459. The first kappa shape index (κ1) is 10.7. The summed E-state index contributed by atoms with van der Waals surface area (Å²) >= 11 is 0. The highest BCUT2D eigenvalue weighted by atomic mass is 16.5. The topological polar surface area (TPSA) is 39.4 Å². The van der Waals surface area contributed by atoms with Crippen LogP contribution in [-0.4, -0.2) is 13.1 Å². The maximum atomic E-state index is 9.80. The lowest BCUT2D eigenvalue weighted by Crippen LogP contribution is -1.93. The van der Waals surface area contributed by atoms with Gasteiger partial charge in [-0.25, -0.2) is 4.79 Å². The highest BCUT2D eigenvalue weighted by Crippen LogP contribution is 2.18. The van der Waals surface area contributed by atoms with Crippen LogP contribution in [0.5, 0.6) is 0 Å². The molecule has 0 aliphatic heterocycles. The van der Waals surface area contributed by atoms with E-state index in [4.69, 9.17) is 4.42 Å². The first-order valence-corrected chi connectivity index (χ1v) is 5.35. The normalized spacial score (nSPS) is 10.5. The fourth-order valence-electron chi connectivity index (χ4n) is 1.70.